The van der Waals surface area contributed by atoms with Gasteiger partial charge in [0, 0.05) is 5.92 Å². The third kappa shape index (κ3) is 4.00. The first-order chi connectivity index (χ1) is 11.7. The van der Waals surface area contributed by atoms with Crippen LogP contribution in [0.15, 0.2) is 72.8 Å². The normalized spacial score (nSPS) is 12.2. The van der Waals surface area contributed by atoms with Gasteiger partial charge in [-0.15, -0.1) is 0 Å². The number of benzene rings is 3. The lowest BCUT2D eigenvalue weighted by atomic mass is 9.87. The lowest BCUT2D eigenvalue weighted by Crippen LogP contribution is -2.24. The first kappa shape index (κ1) is 16.2. The van der Waals surface area contributed by atoms with Crippen LogP contribution in [-0.4, -0.2) is 24.2 Å². The molecular formula is C21H21NO2. The summed E-state index contributed by atoms with van der Waals surface area (Å²) in [4.78, 5) is 10.7. The third-order valence-corrected chi connectivity index (χ3v) is 4.26. The summed E-state index contributed by atoms with van der Waals surface area (Å²) in [6, 6.07) is 25.3. The smallest absolute Gasteiger partial charge is 0.317 e. The molecule has 0 aromatic heterocycles. The topological polar surface area (TPSA) is 49.3 Å². The molecule has 0 fully saturated rings. The largest absolute Gasteiger partial charge is 0.480 e. The minimum atomic E-state index is -0.822. The van der Waals surface area contributed by atoms with E-state index in [2.05, 4.69) is 53.8 Å². The minimum absolute atomic E-state index is 0.000764. The van der Waals surface area contributed by atoms with E-state index in [1.54, 1.807) is 0 Å². The molecule has 1 atom stereocenters. The fourth-order valence-corrected chi connectivity index (χ4v) is 3.08. The molecule has 0 spiro atoms. The molecule has 122 valence electrons. The first-order valence-electron chi connectivity index (χ1n) is 8.20. The number of hydrogen-bond donors (Lipinski definition) is 2. The fraction of sp³-hybridized carbons (Fsp3) is 0.190. The predicted molar refractivity (Wildman–Crippen MR) is 97.4 cm³/mol. The summed E-state index contributed by atoms with van der Waals surface area (Å²) in [5, 5.41) is 14.2. The average Bonchev–Trinajstić information content (AvgIpc) is 2.62. The first-order valence-corrected chi connectivity index (χ1v) is 8.20. The van der Waals surface area contributed by atoms with E-state index < -0.39 is 5.97 Å². The van der Waals surface area contributed by atoms with Crippen molar-refractivity contribution in [2.45, 2.75) is 12.3 Å². The molecule has 0 amide bonds. The molecular weight excluding hydrogens is 298 g/mol. The molecule has 0 aliphatic heterocycles. The lowest BCUT2D eigenvalue weighted by Gasteiger charge is -2.19. The fourth-order valence-electron chi connectivity index (χ4n) is 3.08. The number of fused-ring (bicyclic) bond motifs is 1. The van der Waals surface area contributed by atoms with Gasteiger partial charge in [0.25, 0.3) is 0 Å². The molecule has 0 bridgehead atoms. The predicted octanol–water partition coefficient (Wildman–Crippen LogP) is 4.04. The van der Waals surface area contributed by atoms with Gasteiger partial charge in [-0.2, -0.15) is 0 Å². The number of carbonyl (C=O) groups is 1. The number of nitrogens with one attached hydrogen (secondary N) is 1. The highest BCUT2D eigenvalue weighted by Gasteiger charge is 2.14. The van der Waals surface area contributed by atoms with Crippen molar-refractivity contribution in [3.8, 4) is 0 Å². The van der Waals surface area contributed by atoms with Crippen molar-refractivity contribution >= 4 is 16.7 Å². The summed E-state index contributed by atoms with van der Waals surface area (Å²) in [7, 11) is 0. The van der Waals surface area contributed by atoms with Gasteiger partial charge in [0.15, 0.2) is 0 Å². The molecule has 3 rings (SSSR count). The van der Waals surface area contributed by atoms with Crippen molar-refractivity contribution in [3.05, 3.63) is 83.9 Å². The lowest BCUT2D eigenvalue weighted by molar-refractivity contribution is -0.135. The van der Waals surface area contributed by atoms with Crippen LogP contribution >= 0.6 is 0 Å². The molecule has 0 saturated heterocycles. The van der Waals surface area contributed by atoms with Gasteiger partial charge in [-0.3, -0.25) is 4.79 Å². The van der Waals surface area contributed by atoms with Crippen molar-refractivity contribution in [1.82, 2.24) is 5.32 Å². The second-order valence-electron chi connectivity index (χ2n) is 5.93. The molecule has 2 N–H and O–H groups in total. The van der Waals surface area contributed by atoms with E-state index in [1.165, 1.54) is 21.9 Å². The Bertz CT molecular complexity index is 814. The second kappa shape index (κ2) is 7.75. The summed E-state index contributed by atoms with van der Waals surface area (Å²) in [6.45, 7) is 0.665. The highest BCUT2D eigenvalue weighted by Crippen LogP contribution is 2.30. The van der Waals surface area contributed by atoms with E-state index in [0.29, 0.717) is 6.54 Å². The van der Waals surface area contributed by atoms with Crippen LogP contribution in [0.3, 0.4) is 0 Å². The van der Waals surface area contributed by atoms with Crippen LogP contribution in [0.25, 0.3) is 10.8 Å². The molecule has 0 aliphatic carbocycles. The van der Waals surface area contributed by atoms with Gasteiger partial charge in [-0.25, -0.2) is 0 Å². The highest BCUT2D eigenvalue weighted by molar-refractivity contribution is 5.83. The zero-order valence-electron chi connectivity index (χ0n) is 13.5. The van der Waals surface area contributed by atoms with E-state index in [9.17, 15) is 4.79 Å². The van der Waals surface area contributed by atoms with Gasteiger partial charge < -0.3 is 10.4 Å². The molecule has 0 saturated carbocycles. The summed E-state index contributed by atoms with van der Waals surface area (Å²) in [5.41, 5.74) is 2.52. The molecule has 3 nitrogen and oxygen atoms in total. The van der Waals surface area contributed by atoms with Crippen LogP contribution in [0.2, 0.25) is 0 Å². The summed E-state index contributed by atoms with van der Waals surface area (Å²) < 4.78 is 0. The van der Waals surface area contributed by atoms with Crippen molar-refractivity contribution in [3.63, 3.8) is 0 Å². The number of carboxylic acids is 1. The number of rotatable bonds is 7. The van der Waals surface area contributed by atoms with Crippen molar-refractivity contribution in [2.75, 3.05) is 13.1 Å². The van der Waals surface area contributed by atoms with Gasteiger partial charge in [0.1, 0.15) is 0 Å². The van der Waals surface area contributed by atoms with Crippen LogP contribution in [-0.2, 0) is 4.79 Å². The summed E-state index contributed by atoms with van der Waals surface area (Å²) in [6.07, 6.45) is 0.857. The average molecular weight is 319 g/mol. The van der Waals surface area contributed by atoms with Gasteiger partial charge in [-0.05, 0) is 34.9 Å². The number of hydrogen-bond acceptors (Lipinski definition) is 2. The van der Waals surface area contributed by atoms with Crippen molar-refractivity contribution < 1.29 is 9.90 Å². The number of aliphatic carboxylic acids is 1. The van der Waals surface area contributed by atoms with Crippen LogP contribution < -0.4 is 5.32 Å². The minimum Gasteiger partial charge on any atom is -0.480 e. The maximum atomic E-state index is 10.7. The Kier molecular flexibility index (Phi) is 5.24. The molecule has 0 radical (unpaired) electrons. The Morgan fingerprint density at radius 2 is 1.58 bits per heavy atom. The standard InChI is InChI=1S/C21H21NO2/c23-21(24)15-22-13-12-20(17-7-2-1-3-8-17)19-11-10-16-6-4-5-9-18(16)14-19/h1-11,14,20,22H,12-13,15H2,(H,23,24). The molecule has 3 aromatic rings. The quantitative estimate of drug-likeness (QED) is 0.646. The van der Waals surface area contributed by atoms with Gasteiger partial charge >= 0.3 is 5.97 Å². The van der Waals surface area contributed by atoms with Crippen molar-refractivity contribution in [1.29, 1.82) is 0 Å². The molecule has 0 aliphatic rings. The molecule has 3 aromatic carbocycles. The van der Waals surface area contributed by atoms with Gasteiger partial charge in [0.05, 0.1) is 6.54 Å². The third-order valence-electron chi connectivity index (χ3n) is 4.26. The van der Waals surface area contributed by atoms with E-state index in [4.69, 9.17) is 5.11 Å². The zero-order valence-corrected chi connectivity index (χ0v) is 13.5. The Morgan fingerprint density at radius 1 is 0.875 bits per heavy atom. The second-order valence-corrected chi connectivity index (χ2v) is 5.93. The summed E-state index contributed by atoms with van der Waals surface area (Å²) >= 11 is 0. The summed E-state index contributed by atoms with van der Waals surface area (Å²) in [5.74, 6) is -0.575. The van der Waals surface area contributed by atoms with Gasteiger partial charge in [-0.1, -0.05) is 72.8 Å². The molecule has 0 heterocycles. The van der Waals surface area contributed by atoms with E-state index in [-0.39, 0.29) is 12.5 Å². The number of carboxylic acid groups (broad SMARTS) is 1. The Hall–Kier alpha value is -2.65. The van der Waals surface area contributed by atoms with E-state index >= 15 is 0 Å². The Labute approximate surface area is 142 Å². The maximum absolute atomic E-state index is 10.7. The SMILES string of the molecule is O=C(O)CNCCC(c1ccccc1)c1ccc2ccccc2c1. The van der Waals surface area contributed by atoms with Crippen LogP contribution in [0, 0.1) is 0 Å². The van der Waals surface area contributed by atoms with Crippen LogP contribution in [0.4, 0.5) is 0 Å². The van der Waals surface area contributed by atoms with Crippen LogP contribution in [0.1, 0.15) is 23.5 Å². The maximum Gasteiger partial charge on any atom is 0.317 e. The van der Waals surface area contributed by atoms with Crippen molar-refractivity contribution in [2.24, 2.45) is 0 Å². The highest BCUT2D eigenvalue weighted by atomic mass is 16.4. The Balaban J connectivity index is 1.86. The zero-order chi connectivity index (χ0) is 16.8. The molecule has 24 heavy (non-hydrogen) atoms. The molecule has 1 unspecified atom stereocenters. The molecule has 3 heteroatoms. The Morgan fingerprint density at radius 3 is 2.33 bits per heavy atom. The van der Waals surface area contributed by atoms with Crippen LogP contribution in [0.5, 0.6) is 0 Å². The van der Waals surface area contributed by atoms with E-state index in [0.717, 1.165) is 6.42 Å². The van der Waals surface area contributed by atoms with E-state index in [1.807, 2.05) is 24.3 Å². The monoisotopic (exact) mass is 319 g/mol. The van der Waals surface area contributed by atoms with Gasteiger partial charge in [0.2, 0.25) is 0 Å².